The van der Waals surface area contributed by atoms with Crippen LogP contribution >= 0.6 is 0 Å². The van der Waals surface area contributed by atoms with Gasteiger partial charge in [0.1, 0.15) is 17.0 Å². The van der Waals surface area contributed by atoms with Crippen LogP contribution in [0.2, 0.25) is 0 Å². The Morgan fingerprint density at radius 3 is 2.97 bits per heavy atom. The first-order chi connectivity index (χ1) is 14.6. The van der Waals surface area contributed by atoms with Crippen molar-refractivity contribution < 1.29 is 0 Å². The Balaban J connectivity index is 1.59. The lowest BCUT2D eigenvalue weighted by molar-refractivity contribution is 0.403. The Labute approximate surface area is 173 Å². The summed E-state index contributed by atoms with van der Waals surface area (Å²) in [6.07, 6.45) is 7.77. The van der Waals surface area contributed by atoms with E-state index >= 15 is 0 Å². The van der Waals surface area contributed by atoms with Crippen LogP contribution < -0.4 is 21.9 Å². The summed E-state index contributed by atoms with van der Waals surface area (Å²) in [5, 5.41) is 8.36. The van der Waals surface area contributed by atoms with E-state index in [0.29, 0.717) is 22.5 Å². The summed E-state index contributed by atoms with van der Waals surface area (Å²) in [4.78, 5) is 24.3. The molecule has 2 atom stereocenters. The molecule has 3 aromatic heterocycles. The van der Waals surface area contributed by atoms with E-state index in [0.717, 1.165) is 42.3 Å². The van der Waals surface area contributed by atoms with Crippen LogP contribution in [0.5, 0.6) is 0 Å². The van der Waals surface area contributed by atoms with E-state index in [2.05, 4.69) is 31.2 Å². The molecule has 1 fully saturated rings. The van der Waals surface area contributed by atoms with E-state index in [1.807, 2.05) is 37.5 Å². The molecular formula is C22H25N7O. The molecule has 8 nitrogen and oxygen atoms in total. The lowest BCUT2D eigenvalue weighted by Gasteiger charge is -2.29. The highest BCUT2D eigenvalue weighted by Gasteiger charge is 2.22. The third-order valence-electron chi connectivity index (χ3n) is 5.97. The van der Waals surface area contributed by atoms with E-state index in [9.17, 15) is 4.79 Å². The Bertz CT molecular complexity index is 1280. The zero-order valence-electron chi connectivity index (χ0n) is 16.9. The highest BCUT2D eigenvalue weighted by molar-refractivity contribution is 5.98. The molecule has 0 aliphatic heterocycles. The molecule has 0 bridgehead atoms. The molecule has 30 heavy (non-hydrogen) atoms. The summed E-state index contributed by atoms with van der Waals surface area (Å²) in [5.41, 5.74) is 8.66. The summed E-state index contributed by atoms with van der Waals surface area (Å²) in [5.74, 6) is 1.17. The Morgan fingerprint density at radius 2 is 2.10 bits per heavy atom. The third-order valence-corrected chi connectivity index (χ3v) is 5.97. The Hall–Kier alpha value is -3.39. The van der Waals surface area contributed by atoms with Crippen molar-refractivity contribution in [3.63, 3.8) is 0 Å². The molecule has 4 aromatic rings. The largest absolute Gasteiger partial charge is 0.366 e. The molecule has 3 heterocycles. The van der Waals surface area contributed by atoms with Crippen LogP contribution in [0.25, 0.3) is 21.8 Å². The molecule has 0 unspecified atom stereocenters. The number of H-pyrrole nitrogens is 1. The zero-order chi connectivity index (χ0) is 20.7. The van der Waals surface area contributed by atoms with Crippen molar-refractivity contribution in [3.05, 3.63) is 53.2 Å². The predicted octanol–water partition coefficient (Wildman–Crippen LogP) is 3.24. The molecule has 5 rings (SSSR count). The lowest BCUT2D eigenvalue weighted by atomic mass is 9.91. The average Bonchev–Trinajstić information content (AvgIpc) is 3.12. The van der Waals surface area contributed by atoms with Gasteiger partial charge in [-0.1, -0.05) is 18.9 Å². The molecule has 0 amide bonds. The maximum atomic E-state index is 12.6. The van der Waals surface area contributed by atoms with Crippen molar-refractivity contribution in [2.45, 2.75) is 37.8 Å². The van der Waals surface area contributed by atoms with Crippen molar-refractivity contribution in [1.29, 1.82) is 0 Å². The first kappa shape index (κ1) is 18.6. The number of fused-ring (bicyclic) bond motifs is 2. The maximum absolute atomic E-state index is 12.6. The standard InChI is InChI=1S/C22H25N7O/c1-29-10-9-13-15(7-4-8-18(13)29)27-21-20-17(24-12-25-22(20)30)11-19(28-21)26-16-6-3-2-5-14(16)23/h4,7-12,14,16H,2-3,5-6,23H2,1H3,(H,24,25,30)(H2,26,27,28)/t14-,16+/m0/s1. The normalized spacial score (nSPS) is 19.3. The topological polar surface area (TPSA) is 114 Å². The Kier molecular flexibility index (Phi) is 4.63. The molecule has 8 heteroatoms. The van der Waals surface area contributed by atoms with Gasteiger partial charge in [-0.15, -0.1) is 0 Å². The molecule has 1 aromatic carbocycles. The van der Waals surface area contributed by atoms with Gasteiger partial charge in [0.15, 0.2) is 0 Å². The van der Waals surface area contributed by atoms with Gasteiger partial charge < -0.3 is 25.9 Å². The van der Waals surface area contributed by atoms with Gasteiger partial charge >= 0.3 is 0 Å². The monoisotopic (exact) mass is 403 g/mol. The van der Waals surface area contributed by atoms with E-state index in [4.69, 9.17) is 10.7 Å². The number of anilines is 3. The summed E-state index contributed by atoms with van der Waals surface area (Å²) in [6, 6.07) is 10.2. The average molecular weight is 403 g/mol. The van der Waals surface area contributed by atoms with Gasteiger partial charge in [-0.05, 0) is 31.0 Å². The summed E-state index contributed by atoms with van der Waals surface area (Å²) in [7, 11) is 2.01. The fourth-order valence-electron chi connectivity index (χ4n) is 4.33. The predicted molar refractivity (Wildman–Crippen MR) is 120 cm³/mol. The molecule has 1 aliphatic rings. The van der Waals surface area contributed by atoms with Crippen LogP contribution in [-0.4, -0.2) is 31.6 Å². The minimum Gasteiger partial charge on any atom is -0.366 e. The van der Waals surface area contributed by atoms with Crippen molar-refractivity contribution in [1.82, 2.24) is 19.5 Å². The molecule has 1 aliphatic carbocycles. The second kappa shape index (κ2) is 7.46. The van der Waals surface area contributed by atoms with Crippen molar-refractivity contribution in [2.24, 2.45) is 12.8 Å². The van der Waals surface area contributed by atoms with Gasteiger partial charge in [-0.3, -0.25) is 4.79 Å². The molecule has 5 N–H and O–H groups in total. The lowest BCUT2D eigenvalue weighted by Crippen LogP contribution is -2.42. The zero-order valence-corrected chi connectivity index (χ0v) is 16.9. The number of benzene rings is 1. The fraction of sp³-hybridized carbons (Fsp3) is 0.318. The maximum Gasteiger partial charge on any atom is 0.284 e. The van der Waals surface area contributed by atoms with Crippen molar-refractivity contribution in [2.75, 3.05) is 10.6 Å². The molecule has 154 valence electrons. The van der Waals surface area contributed by atoms with Gasteiger partial charge in [0.25, 0.3) is 5.56 Å². The SMILES string of the molecule is Cn1ccc2c(Nc3nc(N[C@@H]4CCCC[C@@H]4N)cc4[nH]cnc(=O)c34)cccc21. The molecule has 1 saturated carbocycles. The van der Waals surface area contributed by atoms with Gasteiger partial charge in [0, 0.05) is 48.0 Å². The number of nitrogens with zero attached hydrogens (tertiary/aromatic N) is 3. The van der Waals surface area contributed by atoms with Crippen LogP contribution in [-0.2, 0) is 7.05 Å². The summed E-state index contributed by atoms with van der Waals surface area (Å²) in [6.45, 7) is 0. The quantitative estimate of drug-likeness (QED) is 0.416. The smallest absolute Gasteiger partial charge is 0.284 e. The first-order valence-electron chi connectivity index (χ1n) is 10.3. The minimum atomic E-state index is -0.320. The van der Waals surface area contributed by atoms with Crippen LogP contribution in [0.3, 0.4) is 0 Å². The number of hydrogen-bond acceptors (Lipinski definition) is 6. The highest BCUT2D eigenvalue weighted by Crippen LogP contribution is 2.30. The Morgan fingerprint density at radius 1 is 1.23 bits per heavy atom. The van der Waals surface area contributed by atoms with E-state index in [1.54, 1.807) is 0 Å². The molecule has 0 radical (unpaired) electrons. The second-order valence-electron chi connectivity index (χ2n) is 7.98. The van der Waals surface area contributed by atoms with Gasteiger partial charge in [0.2, 0.25) is 0 Å². The van der Waals surface area contributed by atoms with E-state index in [1.165, 1.54) is 6.33 Å². The number of pyridine rings is 1. The number of rotatable bonds is 4. The van der Waals surface area contributed by atoms with E-state index < -0.39 is 0 Å². The minimum absolute atomic E-state index is 0.0993. The van der Waals surface area contributed by atoms with Crippen LogP contribution in [0, 0.1) is 0 Å². The summed E-state index contributed by atoms with van der Waals surface area (Å²) < 4.78 is 2.06. The molecule has 0 saturated heterocycles. The van der Waals surface area contributed by atoms with Gasteiger partial charge in [0.05, 0.1) is 11.8 Å². The number of aromatic nitrogens is 4. The fourth-order valence-corrected chi connectivity index (χ4v) is 4.33. The number of aromatic amines is 1. The van der Waals surface area contributed by atoms with Crippen molar-refractivity contribution in [3.8, 4) is 0 Å². The van der Waals surface area contributed by atoms with Crippen LogP contribution in [0.15, 0.2) is 47.7 Å². The van der Waals surface area contributed by atoms with Crippen molar-refractivity contribution >= 4 is 39.1 Å². The number of nitrogens with two attached hydrogens (primary N) is 1. The number of aryl methyl sites for hydroxylation is 1. The molecular weight excluding hydrogens is 378 g/mol. The van der Waals surface area contributed by atoms with Crippen LogP contribution in [0.4, 0.5) is 17.3 Å². The van der Waals surface area contributed by atoms with Gasteiger partial charge in [-0.25, -0.2) is 4.98 Å². The number of hydrogen-bond donors (Lipinski definition) is 4. The number of nitrogens with one attached hydrogen (secondary N) is 3. The molecule has 0 spiro atoms. The summed E-state index contributed by atoms with van der Waals surface area (Å²) >= 11 is 0. The van der Waals surface area contributed by atoms with E-state index in [-0.39, 0.29) is 17.6 Å². The van der Waals surface area contributed by atoms with Gasteiger partial charge in [-0.2, -0.15) is 4.98 Å². The highest BCUT2D eigenvalue weighted by atomic mass is 16.1. The van der Waals surface area contributed by atoms with Crippen LogP contribution in [0.1, 0.15) is 25.7 Å². The first-order valence-corrected chi connectivity index (χ1v) is 10.3. The third kappa shape index (κ3) is 3.29. The second-order valence-corrected chi connectivity index (χ2v) is 7.98.